The number of hydrogen-bond donors (Lipinski definition) is 1. The molecular weight excluding hydrogens is 306 g/mol. The number of esters is 1. The maximum absolute atomic E-state index is 11.6. The Kier molecular flexibility index (Phi) is 4.86. The molecule has 1 aromatic rings. The third-order valence-electron chi connectivity index (χ3n) is 3.68. The number of carbonyl (C=O) groups excluding carboxylic acids is 1. The monoisotopic (exact) mass is 325 g/mol. The third-order valence-corrected chi connectivity index (χ3v) is 4.34. The van der Waals surface area contributed by atoms with Gasteiger partial charge in [0.05, 0.1) is 12.2 Å². The first-order valence-corrected chi connectivity index (χ1v) is 7.64. The molecule has 1 saturated carbocycles. The van der Waals surface area contributed by atoms with Crippen molar-refractivity contribution in [1.29, 1.82) is 0 Å². The first-order valence-electron chi connectivity index (χ1n) is 6.85. The minimum absolute atomic E-state index is 0.274. The minimum atomic E-state index is -0.274. The highest BCUT2D eigenvalue weighted by molar-refractivity contribution is 9.10. The second-order valence-corrected chi connectivity index (χ2v) is 5.93. The van der Waals surface area contributed by atoms with Crippen molar-refractivity contribution in [3.8, 4) is 0 Å². The Labute approximate surface area is 122 Å². The molecular formula is C15H20BrNO2. The number of rotatable bonds is 4. The summed E-state index contributed by atoms with van der Waals surface area (Å²) in [5.74, 6) is 0.431. The molecule has 2 rings (SSSR count). The molecule has 0 saturated heterocycles. The van der Waals surface area contributed by atoms with E-state index in [1.54, 1.807) is 0 Å². The molecule has 1 aromatic carbocycles. The molecule has 0 bridgehead atoms. The summed E-state index contributed by atoms with van der Waals surface area (Å²) in [6, 6.07) is 6.11. The van der Waals surface area contributed by atoms with Gasteiger partial charge >= 0.3 is 5.97 Å². The number of anilines is 1. The van der Waals surface area contributed by atoms with Gasteiger partial charge in [0.1, 0.15) is 0 Å². The van der Waals surface area contributed by atoms with Gasteiger partial charge in [-0.1, -0.05) is 13.3 Å². The van der Waals surface area contributed by atoms with Crippen molar-refractivity contribution in [2.24, 2.45) is 5.92 Å². The molecule has 0 aromatic heterocycles. The normalized spacial score (nSPS) is 22.3. The largest absolute Gasteiger partial charge is 0.462 e. The maximum atomic E-state index is 11.6. The van der Waals surface area contributed by atoms with Crippen LogP contribution < -0.4 is 5.32 Å². The molecule has 0 amide bonds. The van der Waals surface area contributed by atoms with E-state index in [2.05, 4.69) is 28.2 Å². The van der Waals surface area contributed by atoms with E-state index >= 15 is 0 Å². The highest BCUT2D eigenvalue weighted by Gasteiger charge is 2.23. The van der Waals surface area contributed by atoms with Gasteiger partial charge in [0, 0.05) is 16.2 Å². The van der Waals surface area contributed by atoms with Crippen molar-refractivity contribution >= 4 is 27.6 Å². The van der Waals surface area contributed by atoms with E-state index in [1.807, 2.05) is 25.1 Å². The zero-order valence-electron chi connectivity index (χ0n) is 11.4. The van der Waals surface area contributed by atoms with Crippen LogP contribution in [0.4, 0.5) is 5.69 Å². The molecule has 4 heteroatoms. The van der Waals surface area contributed by atoms with Gasteiger partial charge in [0.15, 0.2) is 0 Å². The lowest BCUT2D eigenvalue weighted by Gasteiger charge is -2.20. The molecule has 0 heterocycles. The molecule has 2 unspecified atom stereocenters. The van der Waals surface area contributed by atoms with Crippen molar-refractivity contribution in [2.75, 3.05) is 11.9 Å². The lowest BCUT2D eigenvalue weighted by Crippen LogP contribution is -2.22. The van der Waals surface area contributed by atoms with Crippen LogP contribution in [0.2, 0.25) is 0 Å². The smallest absolute Gasteiger partial charge is 0.338 e. The average molecular weight is 326 g/mol. The van der Waals surface area contributed by atoms with Crippen molar-refractivity contribution in [3.05, 3.63) is 28.2 Å². The highest BCUT2D eigenvalue weighted by Crippen LogP contribution is 2.31. The second-order valence-electron chi connectivity index (χ2n) is 5.07. The number of carbonyl (C=O) groups is 1. The number of benzene rings is 1. The maximum Gasteiger partial charge on any atom is 0.338 e. The summed E-state index contributed by atoms with van der Waals surface area (Å²) in [7, 11) is 0. The Morgan fingerprint density at radius 1 is 1.47 bits per heavy atom. The molecule has 1 aliphatic carbocycles. The van der Waals surface area contributed by atoms with Gasteiger partial charge in [-0.3, -0.25) is 0 Å². The van der Waals surface area contributed by atoms with Crippen LogP contribution in [0.1, 0.15) is 43.5 Å². The van der Waals surface area contributed by atoms with Crippen LogP contribution >= 0.6 is 15.9 Å². The molecule has 0 spiro atoms. The quantitative estimate of drug-likeness (QED) is 0.842. The summed E-state index contributed by atoms with van der Waals surface area (Å²) in [6.07, 6.45) is 3.79. The van der Waals surface area contributed by atoms with E-state index in [4.69, 9.17) is 4.74 Å². The summed E-state index contributed by atoms with van der Waals surface area (Å²) in [6.45, 7) is 4.49. The number of halogens is 1. The van der Waals surface area contributed by atoms with Crippen molar-refractivity contribution in [3.63, 3.8) is 0 Å². The SMILES string of the molecule is CCOC(=O)c1ccc(NC2CCCC2C)c(Br)c1. The topological polar surface area (TPSA) is 38.3 Å². The van der Waals surface area contributed by atoms with E-state index in [0.29, 0.717) is 24.1 Å². The Balaban J connectivity index is 2.08. The second kappa shape index (κ2) is 6.42. The molecule has 1 N–H and O–H groups in total. The van der Waals surface area contributed by atoms with Gasteiger partial charge in [-0.05, 0) is 59.8 Å². The van der Waals surface area contributed by atoms with Crippen LogP contribution in [0.15, 0.2) is 22.7 Å². The predicted molar refractivity (Wildman–Crippen MR) is 80.5 cm³/mol. The fraction of sp³-hybridized carbons (Fsp3) is 0.533. The van der Waals surface area contributed by atoms with E-state index in [1.165, 1.54) is 19.3 Å². The zero-order valence-corrected chi connectivity index (χ0v) is 13.0. The summed E-state index contributed by atoms with van der Waals surface area (Å²) >= 11 is 3.52. The van der Waals surface area contributed by atoms with E-state index < -0.39 is 0 Å². The number of hydrogen-bond acceptors (Lipinski definition) is 3. The minimum Gasteiger partial charge on any atom is -0.462 e. The molecule has 1 aliphatic rings. The lowest BCUT2D eigenvalue weighted by atomic mass is 10.1. The van der Waals surface area contributed by atoms with Gasteiger partial charge in [0.2, 0.25) is 0 Å². The summed E-state index contributed by atoms with van der Waals surface area (Å²) in [4.78, 5) is 11.6. The summed E-state index contributed by atoms with van der Waals surface area (Å²) < 4.78 is 5.91. The Morgan fingerprint density at radius 3 is 2.84 bits per heavy atom. The zero-order chi connectivity index (χ0) is 13.8. The number of ether oxygens (including phenoxy) is 1. The molecule has 0 radical (unpaired) electrons. The van der Waals surface area contributed by atoms with Crippen molar-refractivity contribution in [2.45, 2.75) is 39.2 Å². The number of nitrogens with one attached hydrogen (secondary N) is 1. The molecule has 3 nitrogen and oxygen atoms in total. The summed E-state index contributed by atoms with van der Waals surface area (Å²) in [5, 5.41) is 3.56. The van der Waals surface area contributed by atoms with Gasteiger partial charge < -0.3 is 10.1 Å². The molecule has 0 aliphatic heterocycles. The van der Waals surface area contributed by atoms with Crippen LogP contribution in [-0.2, 0) is 4.74 Å². The Morgan fingerprint density at radius 2 is 2.26 bits per heavy atom. The van der Waals surface area contributed by atoms with Crippen LogP contribution in [0.3, 0.4) is 0 Å². The van der Waals surface area contributed by atoms with Crippen LogP contribution in [0, 0.1) is 5.92 Å². The van der Waals surface area contributed by atoms with Crippen LogP contribution in [0.5, 0.6) is 0 Å². The first kappa shape index (κ1) is 14.4. The van der Waals surface area contributed by atoms with Crippen LogP contribution in [-0.4, -0.2) is 18.6 Å². The fourth-order valence-corrected chi connectivity index (χ4v) is 3.03. The van der Waals surface area contributed by atoms with Gasteiger partial charge in [0.25, 0.3) is 0 Å². The first-order chi connectivity index (χ1) is 9.11. The van der Waals surface area contributed by atoms with Crippen LogP contribution in [0.25, 0.3) is 0 Å². The van der Waals surface area contributed by atoms with Gasteiger partial charge in [-0.2, -0.15) is 0 Å². The predicted octanol–water partition coefficient (Wildman–Crippen LogP) is 4.23. The molecule has 1 fully saturated rings. The van der Waals surface area contributed by atoms with Crippen molar-refractivity contribution in [1.82, 2.24) is 0 Å². The van der Waals surface area contributed by atoms with Crippen molar-refractivity contribution < 1.29 is 9.53 Å². The molecule has 2 atom stereocenters. The Bertz CT molecular complexity index is 461. The standard InChI is InChI=1S/C15H20BrNO2/c1-3-19-15(18)11-7-8-14(12(16)9-11)17-13-6-4-5-10(13)2/h7-10,13,17H,3-6H2,1-2H3. The Hall–Kier alpha value is -1.03. The van der Waals surface area contributed by atoms with E-state index in [0.717, 1.165) is 10.2 Å². The van der Waals surface area contributed by atoms with E-state index in [-0.39, 0.29) is 5.97 Å². The average Bonchev–Trinajstić information content (AvgIpc) is 2.78. The highest BCUT2D eigenvalue weighted by atomic mass is 79.9. The van der Waals surface area contributed by atoms with Gasteiger partial charge in [-0.25, -0.2) is 4.79 Å². The molecule has 104 valence electrons. The fourth-order valence-electron chi connectivity index (χ4n) is 2.53. The molecule has 19 heavy (non-hydrogen) atoms. The van der Waals surface area contributed by atoms with E-state index in [9.17, 15) is 4.79 Å². The lowest BCUT2D eigenvalue weighted by molar-refractivity contribution is 0.0526. The third kappa shape index (κ3) is 3.50. The summed E-state index contributed by atoms with van der Waals surface area (Å²) in [5.41, 5.74) is 1.63. The van der Waals surface area contributed by atoms with Gasteiger partial charge in [-0.15, -0.1) is 0 Å².